The fourth-order valence-electron chi connectivity index (χ4n) is 3.13. The first-order valence-electron chi connectivity index (χ1n) is 8.30. The second-order valence-electron chi connectivity index (χ2n) is 6.14. The van der Waals surface area contributed by atoms with Crippen molar-refractivity contribution in [3.05, 3.63) is 51.2 Å². The van der Waals surface area contributed by atoms with Crippen molar-refractivity contribution in [2.24, 2.45) is 0 Å². The molecule has 0 spiro atoms. The van der Waals surface area contributed by atoms with Crippen LogP contribution in [-0.4, -0.2) is 33.6 Å². The van der Waals surface area contributed by atoms with E-state index in [4.69, 9.17) is 4.74 Å². The molecule has 1 aromatic carbocycles. The van der Waals surface area contributed by atoms with Crippen LogP contribution in [0.5, 0.6) is 11.5 Å². The number of aromatic nitrogens is 2. The highest BCUT2D eigenvalue weighted by Gasteiger charge is 2.22. The number of fused-ring (bicyclic) bond motifs is 1. The highest BCUT2D eigenvalue weighted by Crippen LogP contribution is 2.26. The number of phenolic OH excluding ortho intramolecular Hbond substituents is 1. The molecule has 0 saturated carbocycles. The van der Waals surface area contributed by atoms with Gasteiger partial charge in [-0.15, -0.1) is 0 Å². The zero-order valence-electron chi connectivity index (χ0n) is 14.1. The highest BCUT2D eigenvalue weighted by molar-refractivity contribution is 5.40. The van der Waals surface area contributed by atoms with Gasteiger partial charge in [0.1, 0.15) is 17.3 Å². The minimum Gasteiger partial charge on any atom is -0.508 e. The molecule has 2 N–H and O–H groups in total. The summed E-state index contributed by atoms with van der Waals surface area (Å²) in [5.41, 5.74) is 2.66. The van der Waals surface area contributed by atoms with Gasteiger partial charge in [0.2, 0.25) is 0 Å². The number of benzene rings is 1. The summed E-state index contributed by atoms with van der Waals surface area (Å²) in [6.45, 7) is 4.17. The molecule has 0 radical (unpaired) electrons. The van der Waals surface area contributed by atoms with Gasteiger partial charge in [0.05, 0.1) is 18.4 Å². The predicted octanol–water partition coefficient (Wildman–Crippen LogP) is 1.99. The van der Waals surface area contributed by atoms with Gasteiger partial charge in [-0.1, -0.05) is 13.0 Å². The molecule has 2 heterocycles. The third kappa shape index (κ3) is 3.43. The van der Waals surface area contributed by atoms with Crippen LogP contribution in [0, 0.1) is 0 Å². The quantitative estimate of drug-likeness (QED) is 0.877. The van der Waals surface area contributed by atoms with E-state index in [1.165, 1.54) is 0 Å². The van der Waals surface area contributed by atoms with Gasteiger partial charge in [-0.3, -0.25) is 9.69 Å². The Morgan fingerprint density at radius 2 is 2.25 bits per heavy atom. The van der Waals surface area contributed by atoms with Crippen LogP contribution >= 0.6 is 0 Å². The number of ether oxygens (including phenoxy) is 1. The minimum atomic E-state index is -0.0224. The first-order chi connectivity index (χ1) is 11.6. The number of nitrogens with one attached hydrogen (secondary N) is 1. The molecule has 0 unspecified atom stereocenters. The fraction of sp³-hybridized carbons (Fsp3) is 0.444. The van der Waals surface area contributed by atoms with Crippen molar-refractivity contribution < 1.29 is 9.84 Å². The maximum Gasteiger partial charge on any atom is 0.255 e. The van der Waals surface area contributed by atoms with Crippen molar-refractivity contribution in [2.75, 3.05) is 13.7 Å². The number of methoxy groups -OCH3 is 1. The van der Waals surface area contributed by atoms with Crippen LogP contribution in [-0.2, 0) is 25.9 Å². The number of hydrogen-bond donors (Lipinski definition) is 2. The second-order valence-corrected chi connectivity index (χ2v) is 6.14. The average molecular weight is 329 g/mol. The van der Waals surface area contributed by atoms with Gasteiger partial charge in [0.25, 0.3) is 5.56 Å². The van der Waals surface area contributed by atoms with Crippen LogP contribution in [0.15, 0.2) is 23.0 Å². The number of hydrogen-bond acceptors (Lipinski definition) is 5. The number of nitrogens with zero attached hydrogens (tertiary/aromatic N) is 2. The number of phenols is 1. The Hall–Kier alpha value is -2.34. The molecule has 6 nitrogen and oxygen atoms in total. The largest absolute Gasteiger partial charge is 0.508 e. The molecule has 0 atom stereocenters. The summed E-state index contributed by atoms with van der Waals surface area (Å²) in [6, 6.07) is 5.12. The Kier molecular flexibility index (Phi) is 4.85. The summed E-state index contributed by atoms with van der Waals surface area (Å²) in [5, 5.41) is 9.56. The lowest BCUT2D eigenvalue weighted by atomic mass is 10.1. The second kappa shape index (κ2) is 7.05. The third-order valence-electron chi connectivity index (χ3n) is 4.35. The number of rotatable bonds is 5. The first kappa shape index (κ1) is 16.5. The molecule has 128 valence electrons. The van der Waals surface area contributed by atoms with Crippen LogP contribution in [0.1, 0.15) is 36.0 Å². The molecule has 24 heavy (non-hydrogen) atoms. The molecule has 0 saturated heterocycles. The van der Waals surface area contributed by atoms with E-state index in [9.17, 15) is 9.90 Å². The SMILES string of the molecule is CCCc1nc2c(c(=O)[nH]1)CN(Cc1ccc(O)cc1OC)CC2. The van der Waals surface area contributed by atoms with Gasteiger partial charge in [-0.05, 0) is 12.5 Å². The Morgan fingerprint density at radius 3 is 3.00 bits per heavy atom. The van der Waals surface area contributed by atoms with Crippen molar-refractivity contribution in [1.82, 2.24) is 14.9 Å². The smallest absolute Gasteiger partial charge is 0.255 e. The Labute approximate surface area is 141 Å². The van der Waals surface area contributed by atoms with E-state index in [2.05, 4.69) is 21.8 Å². The van der Waals surface area contributed by atoms with Crippen LogP contribution in [0.4, 0.5) is 0 Å². The predicted molar refractivity (Wildman–Crippen MR) is 91.3 cm³/mol. The first-order valence-corrected chi connectivity index (χ1v) is 8.30. The van der Waals surface area contributed by atoms with Crippen molar-refractivity contribution in [3.8, 4) is 11.5 Å². The van der Waals surface area contributed by atoms with Gasteiger partial charge in [0.15, 0.2) is 0 Å². The summed E-state index contributed by atoms with van der Waals surface area (Å²) in [4.78, 5) is 22.1. The zero-order valence-corrected chi connectivity index (χ0v) is 14.1. The van der Waals surface area contributed by atoms with E-state index in [0.717, 1.165) is 48.5 Å². The summed E-state index contributed by atoms with van der Waals surface area (Å²) in [7, 11) is 1.59. The molecule has 0 aliphatic carbocycles. The van der Waals surface area contributed by atoms with Crippen molar-refractivity contribution in [1.29, 1.82) is 0 Å². The molecule has 0 fully saturated rings. The van der Waals surface area contributed by atoms with Crippen molar-refractivity contribution in [2.45, 2.75) is 39.3 Å². The van der Waals surface area contributed by atoms with Crippen LogP contribution in [0.25, 0.3) is 0 Å². The average Bonchev–Trinajstić information content (AvgIpc) is 2.57. The molecular formula is C18H23N3O3. The highest BCUT2D eigenvalue weighted by atomic mass is 16.5. The monoisotopic (exact) mass is 329 g/mol. The number of aromatic amines is 1. The van der Waals surface area contributed by atoms with Gasteiger partial charge in [-0.2, -0.15) is 0 Å². The van der Waals surface area contributed by atoms with E-state index in [0.29, 0.717) is 18.8 Å². The summed E-state index contributed by atoms with van der Waals surface area (Å²) in [5.74, 6) is 1.63. The Balaban J connectivity index is 1.79. The summed E-state index contributed by atoms with van der Waals surface area (Å²) in [6.07, 6.45) is 2.54. The molecule has 2 aromatic rings. The number of H-pyrrole nitrogens is 1. The summed E-state index contributed by atoms with van der Waals surface area (Å²) < 4.78 is 5.34. The van der Waals surface area contributed by atoms with E-state index in [-0.39, 0.29) is 11.3 Å². The molecular weight excluding hydrogens is 306 g/mol. The molecule has 1 aromatic heterocycles. The van der Waals surface area contributed by atoms with Crippen molar-refractivity contribution >= 4 is 0 Å². The molecule has 3 rings (SSSR count). The third-order valence-corrected chi connectivity index (χ3v) is 4.35. The Bertz CT molecular complexity index is 786. The molecule has 0 bridgehead atoms. The van der Waals surface area contributed by atoms with E-state index >= 15 is 0 Å². The Morgan fingerprint density at radius 1 is 1.42 bits per heavy atom. The van der Waals surface area contributed by atoms with Gasteiger partial charge >= 0.3 is 0 Å². The maximum atomic E-state index is 12.3. The molecule has 0 amide bonds. The van der Waals surface area contributed by atoms with E-state index in [1.807, 2.05) is 6.07 Å². The van der Waals surface area contributed by atoms with E-state index in [1.54, 1.807) is 19.2 Å². The molecule has 1 aliphatic rings. The van der Waals surface area contributed by atoms with Crippen molar-refractivity contribution in [3.63, 3.8) is 0 Å². The number of aryl methyl sites for hydroxylation is 1. The van der Waals surface area contributed by atoms with Gasteiger partial charge in [-0.25, -0.2) is 4.98 Å². The standard InChI is InChI=1S/C18H23N3O3/c1-3-4-17-19-15-7-8-21(11-14(15)18(23)20-17)10-12-5-6-13(22)9-16(12)24-2/h5-6,9,22H,3-4,7-8,10-11H2,1-2H3,(H,19,20,23). The van der Waals surface area contributed by atoms with Crippen LogP contribution in [0.3, 0.4) is 0 Å². The molecule has 6 heteroatoms. The summed E-state index contributed by atoms with van der Waals surface area (Å²) >= 11 is 0. The van der Waals surface area contributed by atoms with E-state index < -0.39 is 0 Å². The normalized spacial score (nSPS) is 14.4. The fourth-order valence-corrected chi connectivity index (χ4v) is 3.13. The lowest BCUT2D eigenvalue weighted by molar-refractivity contribution is 0.237. The molecule has 1 aliphatic heterocycles. The maximum absolute atomic E-state index is 12.3. The topological polar surface area (TPSA) is 78.5 Å². The zero-order chi connectivity index (χ0) is 17.1. The van der Waals surface area contributed by atoms with Crippen LogP contribution in [0.2, 0.25) is 0 Å². The lowest BCUT2D eigenvalue weighted by Gasteiger charge is -2.28. The van der Waals surface area contributed by atoms with Gasteiger partial charge < -0.3 is 14.8 Å². The minimum absolute atomic E-state index is 0.0224. The van der Waals surface area contributed by atoms with Crippen LogP contribution < -0.4 is 10.3 Å². The number of aromatic hydroxyl groups is 1. The van der Waals surface area contributed by atoms with Gasteiger partial charge in [0, 0.05) is 44.1 Å². The lowest BCUT2D eigenvalue weighted by Crippen LogP contribution is -2.35.